The predicted molar refractivity (Wildman–Crippen MR) is 80.3 cm³/mol. The van der Waals surface area contributed by atoms with E-state index in [-0.39, 0.29) is 6.03 Å². The van der Waals surface area contributed by atoms with E-state index < -0.39 is 0 Å². The zero-order valence-electron chi connectivity index (χ0n) is 10.8. The number of benzene rings is 2. The number of hydrogen-bond donors (Lipinski definition) is 1. The fourth-order valence-electron chi connectivity index (χ4n) is 2.11. The van der Waals surface area contributed by atoms with Gasteiger partial charge in [-0.25, -0.2) is 4.79 Å². The highest BCUT2D eigenvalue weighted by Gasteiger charge is 2.13. The first-order valence-corrected chi connectivity index (χ1v) is 6.55. The molecule has 1 aromatic heterocycles. The summed E-state index contributed by atoms with van der Waals surface area (Å²) in [5, 5.41) is 8.49. The van der Waals surface area contributed by atoms with Crippen molar-refractivity contribution >= 4 is 34.2 Å². The average Bonchev–Trinajstić information content (AvgIpc) is 2.79. The molecule has 0 bridgehead atoms. The molecule has 0 atom stereocenters. The molecule has 0 spiro atoms. The van der Waals surface area contributed by atoms with Gasteiger partial charge in [-0.2, -0.15) is 9.78 Å². The molecule has 0 unspecified atom stereocenters. The lowest BCUT2D eigenvalue weighted by Crippen LogP contribution is -2.20. The maximum atomic E-state index is 12.3. The second kappa shape index (κ2) is 4.98. The van der Waals surface area contributed by atoms with Gasteiger partial charge in [-0.15, -0.1) is 0 Å². The van der Waals surface area contributed by atoms with E-state index in [0.29, 0.717) is 10.7 Å². The second-order valence-corrected chi connectivity index (χ2v) is 4.83. The average molecular weight is 286 g/mol. The van der Waals surface area contributed by atoms with Crippen LogP contribution in [0.1, 0.15) is 5.69 Å². The number of nitrogens with one attached hydrogen (secondary N) is 1. The summed E-state index contributed by atoms with van der Waals surface area (Å²) in [5.41, 5.74) is 2.15. The van der Waals surface area contributed by atoms with Crippen LogP contribution in [0.5, 0.6) is 0 Å². The highest BCUT2D eigenvalue weighted by atomic mass is 35.5. The summed E-state index contributed by atoms with van der Waals surface area (Å²) < 4.78 is 1.36. The molecule has 0 saturated heterocycles. The van der Waals surface area contributed by atoms with Gasteiger partial charge in [0, 0.05) is 5.39 Å². The van der Waals surface area contributed by atoms with Crippen LogP contribution in [0, 0.1) is 6.92 Å². The third-order valence-electron chi connectivity index (χ3n) is 3.08. The molecule has 3 rings (SSSR count). The molecule has 2 aromatic carbocycles. The number of anilines is 1. The van der Waals surface area contributed by atoms with E-state index in [0.717, 1.165) is 16.6 Å². The lowest BCUT2D eigenvalue weighted by atomic mass is 10.2. The Labute approximate surface area is 121 Å². The van der Waals surface area contributed by atoms with E-state index in [2.05, 4.69) is 10.4 Å². The fourth-order valence-corrected chi connectivity index (χ4v) is 2.29. The van der Waals surface area contributed by atoms with Gasteiger partial charge in [0.1, 0.15) is 0 Å². The van der Waals surface area contributed by atoms with Crippen LogP contribution in [0.15, 0.2) is 48.5 Å². The van der Waals surface area contributed by atoms with Crippen LogP contribution in [0.3, 0.4) is 0 Å². The maximum absolute atomic E-state index is 12.3. The number of rotatable bonds is 1. The number of hydrogen-bond acceptors (Lipinski definition) is 2. The van der Waals surface area contributed by atoms with E-state index in [1.165, 1.54) is 4.68 Å². The molecule has 0 aliphatic rings. The van der Waals surface area contributed by atoms with Crippen molar-refractivity contribution in [2.45, 2.75) is 6.92 Å². The molecule has 0 aliphatic heterocycles. The fraction of sp³-hybridized carbons (Fsp3) is 0.0667. The zero-order valence-corrected chi connectivity index (χ0v) is 11.6. The number of halogens is 1. The number of fused-ring (bicyclic) bond motifs is 1. The molecule has 0 radical (unpaired) electrons. The third-order valence-corrected chi connectivity index (χ3v) is 3.41. The molecule has 5 heteroatoms. The van der Waals surface area contributed by atoms with Gasteiger partial charge in [0.25, 0.3) is 0 Å². The largest absolute Gasteiger partial charge is 0.347 e. The Hall–Kier alpha value is -2.33. The molecular formula is C15H12ClN3O. The number of carbonyl (C=O) groups excluding carboxylic acids is 1. The summed E-state index contributed by atoms with van der Waals surface area (Å²) in [4.78, 5) is 12.3. The molecule has 1 heterocycles. The first-order chi connectivity index (χ1) is 9.66. The topological polar surface area (TPSA) is 46.9 Å². The summed E-state index contributed by atoms with van der Waals surface area (Å²) in [5.74, 6) is 0. The Morgan fingerprint density at radius 1 is 1.15 bits per heavy atom. The van der Waals surface area contributed by atoms with E-state index >= 15 is 0 Å². The van der Waals surface area contributed by atoms with Crippen LogP contribution in [0.4, 0.5) is 10.5 Å². The molecule has 0 fully saturated rings. The summed E-state index contributed by atoms with van der Waals surface area (Å²) in [6.45, 7) is 1.88. The smallest absolute Gasteiger partial charge is 0.305 e. The zero-order chi connectivity index (χ0) is 14.1. The SMILES string of the molecule is Cc1nn(C(=O)Nc2ccccc2Cl)c2ccccc12. The lowest BCUT2D eigenvalue weighted by Gasteiger charge is -2.07. The summed E-state index contributed by atoms with van der Waals surface area (Å²) in [6.07, 6.45) is 0. The Kier molecular flexibility index (Phi) is 3.16. The molecular weight excluding hydrogens is 274 g/mol. The molecule has 20 heavy (non-hydrogen) atoms. The number of aryl methyl sites for hydroxylation is 1. The van der Waals surface area contributed by atoms with Gasteiger partial charge in [-0.05, 0) is 25.1 Å². The Balaban J connectivity index is 2.00. The highest BCUT2D eigenvalue weighted by Crippen LogP contribution is 2.22. The van der Waals surface area contributed by atoms with Gasteiger partial charge < -0.3 is 5.32 Å². The molecule has 3 aromatic rings. The summed E-state index contributed by atoms with van der Waals surface area (Å²) in [6, 6.07) is 14.4. The van der Waals surface area contributed by atoms with Gasteiger partial charge in [-0.1, -0.05) is 41.9 Å². The number of carbonyl (C=O) groups is 1. The number of amides is 1. The summed E-state index contributed by atoms with van der Waals surface area (Å²) in [7, 11) is 0. The van der Waals surface area contributed by atoms with Crippen molar-refractivity contribution in [3.05, 3.63) is 59.2 Å². The standard InChI is InChI=1S/C15H12ClN3O/c1-10-11-6-2-5-9-14(11)19(18-10)15(20)17-13-8-4-3-7-12(13)16/h2-9H,1H3,(H,17,20). The van der Waals surface area contributed by atoms with E-state index in [1.807, 2.05) is 43.3 Å². The Morgan fingerprint density at radius 3 is 2.65 bits per heavy atom. The maximum Gasteiger partial charge on any atom is 0.347 e. The van der Waals surface area contributed by atoms with E-state index in [9.17, 15) is 4.79 Å². The normalized spacial score (nSPS) is 10.7. The first-order valence-electron chi connectivity index (χ1n) is 6.17. The minimum absolute atomic E-state index is 0.331. The van der Waals surface area contributed by atoms with Gasteiger partial charge >= 0.3 is 6.03 Å². The lowest BCUT2D eigenvalue weighted by molar-refractivity contribution is 0.251. The van der Waals surface area contributed by atoms with E-state index in [1.54, 1.807) is 12.1 Å². The van der Waals surface area contributed by atoms with Crippen LogP contribution >= 0.6 is 11.6 Å². The third kappa shape index (κ3) is 2.14. The van der Waals surface area contributed by atoms with Crippen LogP contribution in [0.2, 0.25) is 5.02 Å². The van der Waals surface area contributed by atoms with Crippen molar-refractivity contribution in [1.29, 1.82) is 0 Å². The minimum atomic E-state index is -0.331. The van der Waals surface area contributed by atoms with Crippen LogP contribution < -0.4 is 5.32 Å². The van der Waals surface area contributed by atoms with Crippen LogP contribution in [-0.4, -0.2) is 15.8 Å². The highest BCUT2D eigenvalue weighted by molar-refractivity contribution is 6.33. The van der Waals surface area contributed by atoms with Crippen molar-refractivity contribution in [2.24, 2.45) is 0 Å². The molecule has 100 valence electrons. The summed E-state index contributed by atoms with van der Waals surface area (Å²) >= 11 is 6.03. The molecule has 1 amide bonds. The van der Waals surface area contributed by atoms with Gasteiger partial charge in [-0.3, -0.25) is 0 Å². The van der Waals surface area contributed by atoms with Crippen molar-refractivity contribution in [1.82, 2.24) is 9.78 Å². The number of aromatic nitrogens is 2. The van der Waals surface area contributed by atoms with Gasteiger partial charge in [0.2, 0.25) is 0 Å². The van der Waals surface area contributed by atoms with Crippen molar-refractivity contribution in [3.63, 3.8) is 0 Å². The molecule has 1 N–H and O–H groups in total. The Bertz CT molecular complexity index is 795. The quantitative estimate of drug-likeness (QED) is 0.732. The molecule has 0 saturated carbocycles. The van der Waals surface area contributed by atoms with Gasteiger partial charge in [0.05, 0.1) is 21.9 Å². The minimum Gasteiger partial charge on any atom is -0.305 e. The molecule has 0 aliphatic carbocycles. The van der Waals surface area contributed by atoms with Crippen molar-refractivity contribution < 1.29 is 4.79 Å². The predicted octanol–water partition coefficient (Wildman–Crippen LogP) is 4.08. The van der Waals surface area contributed by atoms with Crippen LogP contribution in [-0.2, 0) is 0 Å². The molecule has 4 nitrogen and oxygen atoms in total. The second-order valence-electron chi connectivity index (χ2n) is 4.42. The Morgan fingerprint density at radius 2 is 1.85 bits per heavy atom. The first kappa shape index (κ1) is 12.7. The van der Waals surface area contributed by atoms with Crippen LogP contribution in [0.25, 0.3) is 10.9 Å². The van der Waals surface area contributed by atoms with Gasteiger partial charge in [0.15, 0.2) is 0 Å². The van der Waals surface area contributed by atoms with E-state index in [4.69, 9.17) is 11.6 Å². The number of para-hydroxylation sites is 2. The monoisotopic (exact) mass is 285 g/mol. The van der Waals surface area contributed by atoms with Crippen molar-refractivity contribution in [2.75, 3.05) is 5.32 Å². The number of nitrogens with zero attached hydrogens (tertiary/aromatic N) is 2. The van der Waals surface area contributed by atoms with Crippen molar-refractivity contribution in [3.8, 4) is 0 Å².